The van der Waals surface area contributed by atoms with E-state index in [1.807, 2.05) is 0 Å². The summed E-state index contributed by atoms with van der Waals surface area (Å²) >= 11 is 0. The topological polar surface area (TPSA) is 3.24 Å². The molecule has 0 saturated carbocycles. The molecule has 2 rings (SSSR count). The Hall–Kier alpha value is -0.101. The molecule has 94 valence electrons. The molecule has 4 heteroatoms. The predicted molar refractivity (Wildman–Crippen MR) is 82.2 cm³/mol. The molecule has 18 heavy (non-hydrogen) atoms. The molecule has 0 fully saturated rings. The molecule has 2 aliphatic heterocycles. The number of rotatable bonds is 1. The van der Waals surface area contributed by atoms with Gasteiger partial charge in [0.2, 0.25) is 0 Å². The SMILES string of the molecule is CC(C)(C)[Si](C)(C)N1C=CC=C2CC=CB21.[CH3-].[Li+]. The van der Waals surface area contributed by atoms with Crippen molar-refractivity contribution in [3.8, 4) is 0 Å². The van der Waals surface area contributed by atoms with Gasteiger partial charge in [-0.2, -0.15) is 0 Å². The van der Waals surface area contributed by atoms with Crippen molar-refractivity contribution < 1.29 is 18.9 Å². The summed E-state index contributed by atoms with van der Waals surface area (Å²) in [5.74, 6) is 2.37. The van der Waals surface area contributed by atoms with Crippen molar-refractivity contribution in [1.29, 1.82) is 0 Å². The largest absolute Gasteiger partial charge is 1.00 e. The summed E-state index contributed by atoms with van der Waals surface area (Å²) in [5.41, 5.74) is 1.56. The van der Waals surface area contributed by atoms with Crippen LogP contribution in [0.3, 0.4) is 0 Å². The quantitative estimate of drug-likeness (QED) is 0.502. The molecule has 2 heterocycles. The smallest absolute Gasteiger partial charge is 0.441 e. The number of allylic oxidation sites excluding steroid dienone is 4. The van der Waals surface area contributed by atoms with Crippen LogP contribution < -0.4 is 18.9 Å². The zero-order valence-corrected chi connectivity index (χ0v) is 14.1. The van der Waals surface area contributed by atoms with E-state index in [4.69, 9.17) is 0 Å². The first-order chi connectivity index (χ1) is 7.34. The van der Waals surface area contributed by atoms with E-state index in [-0.39, 0.29) is 26.3 Å². The Labute approximate surface area is 127 Å². The Balaban J connectivity index is 0.00000144. The molecule has 0 atom stereocenters. The van der Waals surface area contributed by atoms with E-state index in [0.29, 0.717) is 11.9 Å². The zero-order valence-electron chi connectivity index (χ0n) is 13.1. The van der Waals surface area contributed by atoms with Crippen molar-refractivity contribution in [2.45, 2.75) is 45.3 Å². The van der Waals surface area contributed by atoms with Gasteiger partial charge in [-0.25, -0.2) is 0 Å². The van der Waals surface area contributed by atoms with E-state index in [9.17, 15) is 0 Å². The first-order valence-corrected chi connectivity index (χ1v) is 9.11. The van der Waals surface area contributed by atoms with Gasteiger partial charge in [0.05, 0.1) is 0 Å². The van der Waals surface area contributed by atoms with Crippen LogP contribution in [-0.2, 0) is 0 Å². The van der Waals surface area contributed by atoms with Crippen LogP contribution >= 0.6 is 0 Å². The van der Waals surface area contributed by atoms with Crippen LogP contribution in [0.4, 0.5) is 0 Å². The first kappa shape index (κ1) is 17.9. The van der Waals surface area contributed by atoms with E-state index in [0.717, 1.165) is 6.42 Å². The summed E-state index contributed by atoms with van der Waals surface area (Å²) in [6.45, 7) is 12.6. The van der Waals surface area contributed by atoms with Crippen molar-refractivity contribution in [2.24, 2.45) is 0 Å². The average molecular weight is 253 g/mol. The Morgan fingerprint density at radius 2 is 1.89 bits per heavy atom. The van der Waals surface area contributed by atoms with Crippen molar-refractivity contribution in [1.82, 2.24) is 4.48 Å². The number of hydrogen-bond acceptors (Lipinski definition) is 1. The van der Waals surface area contributed by atoms with Gasteiger partial charge in [0.1, 0.15) is 8.24 Å². The summed E-state index contributed by atoms with van der Waals surface area (Å²) < 4.78 is 2.64. The molecule has 0 amide bonds. The van der Waals surface area contributed by atoms with Crippen molar-refractivity contribution in [3.05, 3.63) is 43.3 Å². The standard InChI is InChI=1S/C13H22BNSi.CH3.Li/c1-13(2,3)16(4,5)15-11-7-9-12-8-6-10-14(12)15;;/h6-7,9-11H,8H2,1-5H3;1H3;/q;-1;+1. The molecule has 0 radical (unpaired) electrons. The van der Waals surface area contributed by atoms with Crippen molar-refractivity contribution >= 4 is 15.1 Å². The summed E-state index contributed by atoms with van der Waals surface area (Å²) in [7, 11) is -1.44. The Morgan fingerprint density at radius 3 is 2.44 bits per heavy atom. The van der Waals surface area contributed by atoms with Gasteiger partial charge in [-0.1, -0.05) is 57.5 Å². The summed E-state index contributed by atoms with van der Waals surface area (Å²) in [5, 5.41) is 0.399. The van der Waals surface area contributed by atoms with Crippen LogP contribution in [0.2, 0.25) is 18.1 Å². The van der Waals surface area contributed by atoms with Crippen LogP contribution in [0.25, 0.3) is 0 Å². The molecule has 0 aromatic carbocycles. The molecule has 0 N–H and O–H groups in total. The molecule has 2 aliphatic rings. The molecule has 0 aromatic rings. The van der Waals surface area contributed by atoms with Gasteiger partial charge in [-0.3, -0.25) is 0 Å². The third-order valence-electron chi connectivity index (χ3n) is 4.39. The Morgan fingerprint density at radius 1 is 1.28 bits per heavy atom. The van der Waals surface area contributed by atoms with Crippen LogP contribution in [0.15, 0.2) is 35.9 Å². The third kappa shape index (κ3) is 2.90. The summed E-state index contributed by atoms with van der Waals surface area (Å²) in [6, 6.07) is 0. The zero-order chi connectivity index (χ0) is 12.0. The maximum atomic E-state index is 2.64. The molecule has 0 aliphatic carbocycles. The fraction of sp³-hybridized carbons (Fsp3) is 0.500. The molecular formula is C14H25BLiNSi. The van der Waals surface area contributed by atoms with Gasteiger partial charge >= 0.3 is 25.7 Å². The molecule has 0 unspecified atom stereocenters. The van der Waals surface area contributed by atoms with Crippen molar-refractivity contribution in [3.63, 3.8) is 0 Å². The minimum atomic E-state index is -1.44. The van der Waals surface area contributed by atoms with Gasteiger partial charge in [-0.15, -0.1) is 0 Å². The monoisotopic (exact) mass is 253 g/mol. The number of hydrogen-bond donors (Lipinski definition) is 0. The first-order valence-electron chi connectivity index (χ1n) is 6.16. The van der Waals surface area contributed by atoms with E-state index in [1.165, 1.54) is 0 Å². The van der Waals surface area contributed by atoms with Gasteiger partial charge in [-0.05, 0) is 23.7 Å². The van der Waals surface area contributed by atoms with Gasteiger partial charge < -0.3 is 11.9 Å². The molecule has 0 bridgehead atoms. The molecular weight excluding hydrogens is 228 g/mol. The molecule has 1 nitrogen and oxygen atoms in total. The fourth-order valence-electron chi connectivity index (χ4n) is 2.29. The van der Waals surface area contributed by atoms with Crippen molar-refractivity contribution in [2.75, 3.05) is 0 Å². The average Bonchev–Trinajstić information content (AvgIpc) is 2.62. The summed E-state index contributed by atoms with van der Waals surface area (Å²) in [4.78, 5) is 0. The maximum absolute atomic E-state index is 2.64. The normalized spacial score (nSPS) is 17.9. The molecule has 0 aromatic heterocycles. The van der Waals surface area contributed by atoms with Crippen LogP contribution in [-0.4, -0.2) is 19.6 Å². The van der Waals surface area contributed by atoms with Crippen LogP contribution in [0.5, 0.6) is 0 Å². The van der Waals surface area contributed by atoms with Gasteiger partial charge in [0.15, 0.2) is 0 Å². The Kier molecular flexibility index (Phi) is 5.87. The predicted octanol–water partition coefficient (Wildman–Crippen LogP) is 1.23. The van der Waals surface area contributed by atoms with Crippen LogP contribution in [0, 0.1) is 7.43 Å². The second-order valence-electron chi connectivity index (χ2n) is 6.38. The second-order valence-corrected chi connectivity index (χ2v) is 11.5. The number of fused-ring (bicyclic) bond motifs is 1. The maximum Gasteiger partial charge on any atom is 1.00 e. The van der Waals surface area contributed by atoms with E-state index >= 15 is 0 Å². The second kappa shape index (κ2) is 5.90. The van der Waals surface area contributed by atoms with E-state index < -0.39 is 8.24 Å². The van der Waals surface area contributed by atoms with Gasteiger partial charge in [0, 0.05) is 0 Å². The minimum absolute atomic E-state index is 0. The van der Waals surface area contributed by atoms with E-state index in [1.54, 1.807) is 5.47 Å². The molecule has 0 spiro atoms. The van der Waals surface area contributed by atoms with E-state index in [2.05, 4.69) is 68.7 Å². The third-order valence-corrected chi connectivity index (χ3v) is 9.78. The minimum Gasteiger partial charge on any atom is -0.441 e. The van der Waals surface area contributed by atoms with Crippen LogP contribution in [0.1, 0.15) is 27.2 Å². The van der Waals surface area contributed by atoms with Gasteiger partial charge in [0.25, 0.3) is 0 Å². The summed E-state index contributed by atoms with van der Waals surface area (Å²) in [6.07, 6.45) is 10.3. The fourth-order valence-corrected chi connectivity index (χ4v) is 4.47. The Bertz CT molecular complexity index is 380. The molecule has 0 saturated heterocycles. The number of nitrogens with zero attached hydrogens (tertiary/aromatic N) is 1.